The Hall–Kier alpha value is -1.06. The second-order valence-electron chi connectivity index (χ2n) is 3.99. The minimum Gasteiger partial charge on any atom is -0.481 e. The second kappa shape index (κ2) is 4.98. The third-order valence-electron chi connectivity index (χ3n) is 2.66. The molecule has 1 N–H and O–H groups in total. The fraction of sp³-hybridized carbons (Fsp3) is 0.800. The number of carbonyl (C=O) groups excluding carboxylic acids is 1. The fourth-order valence-corrected chi connectivity index (χ4v) is 1.06. The van der Waals surface area contributed by atoms with E-state index < -0.39 is 11.9 Å². The van der Waals surface area contributed by atoms with Gasteiger partial charge in [-0.05, 0) is 19.8 Å². The van der Waals surface area contributed by atoms with Gasteiger partial charge in [-0.1, -0.05) is 13.8 Å². The molecule has 1 amide bonds. The standard InChI is InChI=1S/C10H19NO3/c1-6(2)8(4)11(5)9(12)7(3)10(13)14/h6-8H,1-5H3,(H,13,14). The molecule has 4 heteroatoms. The number of rotatable bonds is 4. The van der Waals surface area contributed by atoms with Gasteiger partial charge in [0.25, 0.3) is 0 Å². The second-order valence-corrected chi connectivity index (χ2v) is 3.99. The summed E-state index contributed by atoms with van der Waals surface area (Å²) in [5.74, 6) is -2.04. The molecule has 0 rings (SSSR count). The number of carbonyl (C=O) groups is 2. The van der Waals surface area contributed by atoms with E-state index in [0.717, 1.165) is 0 Å². The molecule has 2 atom stereocenters. The molecular weight excluding hydrogens is 182 g/mol. The van der Waals surface area contributed by atoms with Crippen LogP contribution in [-0.2, 0) is 9.59 Å². The summed E-state index contributed by atoms with van der Waals surface area (Å²) in [5, 5.41) is 8.67. The van der Waals surface area contributed by atoms with Crippen molar-refractivity contribution in [2.24, 2.45) is 11.8 Å². The third-order valence-corrected chi connectivity index (χ3v) is 2.66. The number of hydrogen-bond acceptors (Lipinski definition) is 2. The van der Waals surface area contributed by atoms with Gasteiger partial charge in [0.1, 0.15) is 5.92 Å². The highest BCUT2D eigenvalue weighted by atomic mass is 16.4. The zero-order valence-electron chi connectivity index (χ0n) is 9.44. The van der Waals surface area contributed by atoms with Gasteiger partial charge < -0.3 is 10.0 Å². The minimum absolute atomic E-state index is 0.0595. The number of hydrogen-bond donors (Lipinski definition) is 1. The molecule has 14 heavy (non-hydrogen) atoms. The van der Waals surface area contributed by atoms with Crippen LogP contribution in [0.1, 0.15) is 27.7 Å². The van der Waals surface area contributed by atoms with Crippen molar-refractivity contribution >= 4 is 11.9 Å². The van der Waals surface area contributed by atoms with Crippen LogP contribution in [0.15, 0.2) is 0 Å². The lowest BCUT2D eigenvalue weighted by molar-refractivity contribution is -0.150. The molecule has 0 saturated carbocycles. The molecule has 0 radical (unpaired) electrons. The van der Waals surface area contributed by atoms with Crippen molar-refractivity contribution in [3.63, 3.8) is 0 Å². The Bertz CT molecular complexity index is 225. The molecule has 2 unspecified atom stereocenters. The summed E-state index contributed by atoms with van der Waals surface area (Å²) < 4.78 is 0. The Morgan fingerprint density at radius 3 is 1.86 bits per heavy atom. The quantitative estimate of drug-likeness (QED) is 0.695. The lowest BCUT2D eigenvalue weighted by atomic mass is 10.0. The van der Waals surface area contributed by atoms with Gasteiger partial charge in [-0.15, -0.1) is 0 Å². The molecule has 0 bridgehead atoms. The van der Waals surface area contributed by atoms with Gasteiger partial charge in [0.05, 0.1) is 0 Å². The van der Waals surface area contributed by atoms with Crippen molar-refractivity contribution in [1.29, 1.82) is 0 Å². The zero-order valence-corrected chi connectivity index (χ0v) is 9.44. The average molecular weight is 201 g/mol. The van der Waals surface area contributed by atoms with Crippen LogP contribution < -0.4 is 0 Å². The van der Waals surface area contributed by atoms with Crippen molar-refractivity contribution in [2.75, 3.05) is 7.05 Å². The van der Waals surface area contributed by atoms with Crippen molar-refractivity contribution in [3.8, 4) is 0 Å². The van der Waals surface area contributed by atoms with E-state index in [-0.39, 0.29) is 11.9 Å². The molecule has 0 aliphatic heterocycles. The molecule has 0 aromatic heterocycles. The van der Waals surface area contributed by atoms with Crippen molar-refractivity contribution in [1.82, 2.24) is 4.90 Å². The molecule has 0 aliphatic carbocycles. The summed E-state index contributed by atoms with van der Waals surface area (Å²) in [5.41, 5.74) is 0. The topological polar surface area (TPSA) is 57.6 Å². The predicted molar refractivity (Wildman–Crippen MR) is 53.9 cm³/mol. The Balaban J connectivity index is 4.46. The molecule has 0 aliphatic rings. The number of carboxylic acids is 1. The number of aliphatic carboxylic acids is 1. The molecule has 0 heterocycles. The summed E-state index contributed by atoms with van der Waals surface area (Å²) >= 11 is 0. The van der Waals surface area contributed by atoms with Gasteiger partial charge in [-0.3, -0.25) is 9.59 Å². The van der Waals surface area contributed by atoms with Crippen LogP contribution in [-0.4, -0.2) is 35.0 Å². The molecule has 0 saturated heterocycles. The Morgan fingerprint density at radius 2 is 1.57 bits per heavy atom. The molecule has 4 nitrogen and oxygen atoms in total. The molecule has 82 valence electrons. The van der Waals surface area contributed by atoms with Gasteiger partial charge in [-0.2, -0.15) is 0 Å². The molecule has 0 spiro atoms. The van der Waals surface area contributed by atoms with E-state index in [0.29, 0.717) is 5.92 Å². The maximum Gasteiger partial charge on any atom is 0.315 e. The number of carboxylic acid groups (broad SMARTS) is 1. The van der Waals surface area contributed by atoms with Gasteiger partial charge in [0, 0.05) is 13.1 Å². The largest absolute Gasteiger partial charge is 0.481 e. The monoisotopic (exact) mass is 201 g/mol. The smallest absolute Gasteiger partial charge is 0.315 e. The van der Waals surface area contributed by atoms with E-state index in [9.17, 15) is 9.59 Å². The Kier molecular flexibility index (Phi) is 4.60. The van der Waals surface area contributed by atoms with Crippen LogP contribution in [0.2, 0.25) is 0 Å². The van der Waals surface area contributed by atoms with Crippen LogP contribution in [0.4, 0.5) is 0 Å². The fourth-order valence-electron chi connectivity index (χ4n) is 1.06. The maximum atomic E-state index is 11.6. The van der Waals surface area contributed by atoms with Crippen molar-refractivity contribution in [2.45, 2.75) is 33.7 Å². The van der Waals surface area contributed by atoms with E-state index in [1.54, 1.807) is 7.05 Å². The van der Waals surface area contributed by atoms with Crippen LogP contribution in [0, 0.1) is 11.8 Å². The summed E-state index contributed by atoms with van der Waals surface area (Å²) in [6.07, 6.45) is 0. The van der Waals surface area contributed by atoms with Crippen molar-refractivity contribution < 1.29 is 14.7 Å². The first-order valence-electron chi connectivity index (χ1n) is 4.78. The average Bonchev–Trinajstić information content (AvgIpc) is 2.12. The third kappa shape index (κ3) is 3.01. The van der Waals surface area contributed by atoms with Crippen molar-refractivity contribution in [3.05, 3.63) is 0 Å². The highest BCUT2D eigenvalue weighted by molar-refractivity contribution is 5.96. The Morgan fingerprint density at radius 1 is 1.14 bits per heavy atom. The maximum absolute atomic E-state index is 11.6. The van der Waals surface area contributed by atoms with Crippen LogP contribution in [0.3, 0.4) is 0 Å². The minimum atomic E-state index is -1.07. The summed E-state index contributed by atoms with van der Waals surface area (Å²) in [4.78, 5) is 23.7. The highest BCUT2D eigenvalue weighted by Gasteiger charge is 2.27. The van der Waals surface area contributed by atoms with Gasteiger partial charge >= 0.3 is 5.97 Å². The van der Waals surface area contributed by atoms with Gasteiger partial charge in [-0.25, -0.2) is 0 Å². The molecule has 0 fully saturated rings. The highest BCUT2D eigenvalue weighted by Crippen LogP contribution is 2.11. The van der Waals surface area contributed by atoms with E-state index >= 15 is 0 Å². The lowest BCUT2D eigenvalue weighted by Gasteiger charge is -2.29. The SMILES string of the molecule is CC(C(=O)O)C(=O)N(C)C(C)C(C)C. The van der Waals surface area contributed by atoms with Gasteiger partial charge in [0.15, 0.2) is 0 Å². The van der Waals surface area contributed by atoms with Crippen LogP contribution in [0.5, 0.6) is 0 Å². The molecule has 0 aromatic carbocycles. The van der Waals surface area contributed by atoms with Gasteiger partial charge in [0.2, 0.25) is 5.91 Å². The van der Waals surface area contributed by atoms with E-state index in [4.69, 9.17) is 5.11 Å². The molecular formula is C10H19NO3. The Labute approximate surface area is 84.9 Å². The number of nitrogens with zero attached hydrogens (tertiary/aromatic N) is 1. The number of amides is 1. The van der Waals surface area contributed by atoms with Crippen LogP contribution >= 0.6 is 0 Å². The normalized spacial score (nSPS) is 15.0. The van der Waals surface area contributed by atoms with E-state index in [1.165, 1.54) is 11.8 Å². The summed E-state index contributed by atoms with van der Waals surface area (Å²) in [6, 6.07) is 0.0595. The predicted octanol–water partition coefficient (Wildman–Crippen LogP) is 1.21. The zero-order chi connectivity index (χ0) is 11.5. The lowest BCUT2D eigenvalue weighted by Crippen LogP contribution is -2.42. The first-order chi connectivity index (χ1) is 6.29. The first-order valence-corrected chi connectivity index (χ1v) is 4.78. The van der Waals surface area contributed by atoms with E-state index in [2.05, 4.69) is 0 Å². The molecule has 0 aromatic rings. The first kappa shape index (κ1) is 12.9. The van der Waals surface area contributed by atoms with Crippen LogP contribution in [0.25, 0.3) is 0 Å². The summed E-state index contributed by atoms with van der Waals surface area (Å²) in [7, 11) is 1.65. The summed E-state index contributed by atoms with van der Waals surface area (Å²) in [6.45, 7) is 7.32. The van der Waals surface area contributed by atoms with E-state index in [1.807, 2.05) is 20.8 Å².